The number of rotatable bonds is 2. The average molecular weight is 244 g/mol. The van der Waals surface area contributed by atoms with Crippen molar-refractivity contribution in [3.05, 3.63) is 0 Å². The second-order valence-electron chi connectivity index (χ2n) is 5.46. The largest absolute Gasteiger partial charge is 0.176 e. The van der Waals surface area contributed by atoms with Gasteiger partial charge in [-0.05, 0) is 43.9 Å². The van der Waals surface area contributed by atoms with Crippen molar-refractivity contribution in [3.8, 4) is 0 Å². The van der Waals surface area contributed by atoms with Crippen molar-refractivity contribution in [3.63, 3.8) is 0 Å². The maximum absolute atomic E-state index is 4.76. The maximum atomic E-state index is 4.76. The van der Waals surface area contributed by atoms with Gasteiger partial charge in [0.25, 0.3) is 0 Å². The molecule has 0 heterocycles. The van der Waals surface area contributed by atoms with Gasteiger partial charge in [-0.15, -0.1) is 0 Å². The Morgan fingerprint density at radius 3 is 1.47 bits per heavy atom. The quantitative estimate of drug-likeness (QED) is 0.663. The minimum atomic E-state index is 0.682. The summed E-state index contributed by atoms with van der Waals surface area (Å²) in [5.41, 5.74) is 0. The summed E-state index contributed by atoms with van der Waals surface area (Å²) in [7, 11) is 0. The first kappa shape index (κ1) is 12.2. The Morgan fingerprint density at radius 2 is 1.07 bits per heavy atom. The molecule has 0 aliphatic heterocycles. The van der Waals surface area contributed by atoms with E-state index >= 15 is 0 Å². The Bertz CT molecular complexity index is 173. The highest BCUT2D eigenvalue weighted by Crippen LogP contribution is 2.38. The van der Waals surface area contributed by atoms with Gasteiger partial charge in [0.15, 0.2) is 0 Å². The molecule has 0 spiro atoms. The lowest BCUT2D eigenvalue weighted by atomic mass is 9.77. The lowest BCUT2D eigenvalue weighted by molar-refractivity contribution is 0.257. The van der Waals surface area contributed by atoms with Crippen LogP contribution in [0.5, 0.6) is 0 Å². The Morgan fingerprint density at radius 1 is 0.667 bits per heavy atom. The van der Waals surface area contributed by atoms with Gasteiger partial charge in [0.2, 0.25) is 0 Å². The zero-order chi connectivity index (χ0) is 10.7. The minimum Gasteiger partial charge on any atom is -0.176 e. The van der Waals surface area contributed by atoms with Crippen molar-refractivity contribution < 1.29 is 0 Å². The summed E-state index contributed by atoms with van der Waals surface area (Å²) in [5, 5.41) is 1.36. The molecule has 2 aliphatic carbocycles. The van der Waals surface area contributed by atoms with Crippen LogP contribution in [-0.2, 0) is 0 Å². The standard InChI is InChI=1S/C13H24S2/c14-12-7-3-1-5-10(12)9-11-6-2-4-8-13(11)15/h10-15H,1-9H2. The van der Waals surface area contributed by atoms with Gasteiger partial charge in [-0.1, -0.05) is 25.7 Å². The van der Waals surface area contributed by atoms with Crippen molar-refractivity contribution in [2.75, 3.05) is 0 Å². The monoisotopic (exact) mass is 244 g/mol. The zero-order valence-corrected chi connectivity index (χ0v) is 11.4. The molecule has 15 heavy (non-hydrogen) atoms. The SMILES string of the molecule is SC1CCCCC1CC1CCCCC1S. The first-order valence-corrected chi connectivity index (χ1v) is 7.67. The Balaban J connectivity index is 1.83. The van der Waals surface area contributed by atoms with Crippen LogP contribution in [0.3, 0.4) is 0 Å². The van der Waals surface area contributed by atoms with E-state index in [9.17, 15) is 0 Å². The topological polar surface area (TPSA) is 0 Å². The van der Waals surface area contributed by atoms with Gasteiger partial charge in [-0.3, -0.25) is 0 Å². The highest BCUT2D eigenvalue weighted by atomic mass is 32.1. The fraction of sp³-hybridized carbons (Fsp3) is 1.00. The van der Waals surface area contributed by atoms with Crippen molar-refractivity contribution in [1.29, 1.82) is 0 Å². The lowest BCUT2D eigenvalue weighted by Gasteiger charge is -2.35. The van der Waals surface area contributed by atoms with E-state index in [1.807, 2.05) is 0 Å². The van der Waals surface area contributed by atoms with E-state index < -0.39 is 0 Å². The van der Waals surface area contributed by atoms with E-state index in [0.717, 1.165) is 11.8 Å². The van der Waals surface area contributed by atoms with Crippen LogP contribution < -0.4 is 0 Å². The van der Waals surface area contributed by atoms with Gasteiger partial charge >= 0.3 is 0 Å². The normalized spacial score (nSPS) is 42.8. The van der Waals surface area contributed by atoms with Crippen molar-refractivity contribution in [2.24, 2.45) is 11.8 Å². The predicted octanol–water partition coefficient (Wildman–Crippen LogP) is 4.35. The first-order chi connectivity index (χ1) is 7.27. The zero-order valence-electron chi connectivity index (χ0n) is 9.57. The Kier molecular flexibility index (Phi) is 4.75. The molecule has 2 heteroatoms. The summed E-state index contributed by atoms with van der Waals surface area (Å²) < 4.78 is 0. The Hall–Kier alpha value is 0.700. The number of thiol groups is 2. The van der Waals surface area contributed by atoms with Crippen molar-refractivity contribution in [2.45, 2.75) is 68.3 Å². The van der Waals surface area contributed by atoms with Gasteiger partial charge in [-0.25, -0.2) is 0 Å². The molecule has 2 rings (SSSR count). The van der Waals surface area contributed by atoms with Crippen LogP contribution in [-0.4, -0.2) is 10.5 Å². The van der Waals surface area contributed by atoms with Gasteiger partial charge in [-0.2, -0.15) is 25.3 Å². The van der Waals surface area contributed by atoms with Crippen LogP contribution in [0.25, 0.3) is 0 Å². The predicted molar refractivity (Wildman–Crippen MR) is 74.1 cm³/mol. The summed E-state index contributed by atoms with van der Waals surface area (Å²) in [6, 6.07) is 0. The molecule has 4 unspecified atom stereocenters. The van der Waals surface area contributed by atoms with Crippen LogP contribution in [0, 0.1) is 11.8 Å². The fourth-order valence-corrected chi connectivity index (χ4v) is 4.22. The number of hydrogen-bond acceptors (Lipinski definition) is 2. The van der Waals surface area contributed by atoms with Gasteiger partial charge in [0.05, 0.1) is 0 Å². The third-order valence-corrected chi connectivity index (χ3v) is 5.70. The van der Waals surface area contributed by atoms with Crippen LogP contribution in [0.4, 0.5) is 0 Å². The Labute approximate surface area is 105 Å². The smallest absolute Gasteiger partial charge is 0.00451 e. The van der Waals surface area contributed by atoms with Crippen LogP contribution in [0.1, 0.15) is 57.8 Å². The molecule has 0 nitrogen and oxygen atoms in total. The molecule has 2 aliphatic rings. The summed E-state index contributed by atoms with van der Waals surface area (Å²) in [6.45, 7) is 0. The van der Waals surface area contributed by atoms with Crippen molar-refractivity contribution in [1.82, 2.24) is 0 Å². The van der Waals surface area contributed by atoms with Gasteiger partial charge in [0.1, 0.15) is 0 Å². The third kappa shape index (κ3) is 3.33. The molecular formula is C13H24S2. The second kappa shape index (κ2) is 5.86. The minimum absolute atomic E-state index is 0.682. The van der Waals surface area contributed by atoms with E-state index in [1.165, 1.54) is 57.8 Å². The second-order valence-corrected chi connectivity index (χ2v) is 6.79. The van der Waals surface area contributed by atoms with E-state index in [2.05, 4.69) is 0 Å². The van der Waals surface area contributed by atoms with E-state index in [4.69, 9.17) is 25.3 Å². The average Bonchev–Trinajstić information content (AvgIpc) is 2.24. The van der Waals surface area contributed by atoms with Gasteiger partial charge < -0.3 is 0 Å². The molecule has 2 fully saturated rings. The van der Waals surface area contributed by atoms with Crippen LogP contribution >= 0.6 is 25.3 Å². The first-order valence-electron chi connectivity index (χ1n) is 6.63. The number of hydrogen-bond donors (Lipinski definition) is 2. The molecule has 0 aromatic heterocycles. The maximum Gasteiger partial charge on any atom is 0.00451 e. The molecule has 0 radical (unpaired) electrons. The van der Waals surface area contributed by atoms with Crippen LogP contribution in [0.15, 0.2) is 0 Å². The molecule has 0 aromatic rings. The highest BCUT2D eigenvalue weighted by molar-refractivity contribution is 7.81. The molecule has 0 bridgehead atoms. The highest BCUT2D eigenvalue weighted by Gasteiger charge is 2.29. The summed E-state index contributed by atoms with van der Waals surface area (Å²) >= 11 is 9.52. The van der Waals surface area contributed by atoms with E-state index in [-0.39, 0.29) is 0 Å². The van der Waals surface area contributed by atoms with E-state index in [0.29, 0.717) is 10.5 Å². The molecular weight excluding hydrogens is 220 g/mol. The molecule has 0 aromatic carbocycles. The third-order valence-electron chi connectivity index (χ3n) is 4.34. The molecule has 4 atom stereocenters. The van der Waals surface area contributed by atoms with E-state index in [1.54, 1.807) is 0 Å². The summed E-state index contributed by atoms with van der Waals surface area (Å²) in [5.74, 6) is 1.78. The fourth-order valence-electron chi connectivity index (χ4n) is 3.31. The summed E-state index contributed by atoms with van der Waals surface area (Å²) in [4.78, 5) is 0. The molecule has 88 valence electrons. The van der Waals surface area contributed by atoms with Crippen LogP contribution in [0.2, 0.25) is 0 Å². The molecule has 2 saturated carbocycles. The van der Waals surface area contributed by atoms with Crippen molar-refractivity contribution >= 4 is 25.3 Å². The molecule has 0 amide bonds. The lowest BCUT2D eigenvalue weighted by Crippen LogP contribution is -2.28. The molecule has 0 saturated heterocycles. The molecule has 0 N–H and O–H groups in total. The summed E-state index contributed by atoms with van der Waals surface area (Å²) in [6.07, 6.45) is 12.6. The van der Waals surface area contributed by atoms with Gasteiger partial charge in [0, 0.05) is 10.5 Å².